The lowest BCUT2D eigenvalue weighted by Gasteiger charge is -2.15. The zero-order chi connectivity index (χ0) is 20.4. The molecule has 0 heterocycles. The second-order valence-corrected chi connectivity index (χ2v) is 7.95. The van der Waals surface area contributed by atoms with Crippen molar-refractivity contribution in [2.24, 2.45) is 0 Å². The van der Waals surface area contributed by atoms with Crippen molar-refractivity contribution < 1.29 is 0 Å². The lowest BCUT2D eigenvalue weighted by Crippen LogP contribution is -1.92. The smallest absolute Gasteiger partial charge is 0.0321 e. The standard InChI is InChI=1S/C24H22N4S/c25-17-5-1-3-15(11-17)21-13-19(27)7-9-23(21)29-24-10-8-20(28)14-22(24)16-4-2-6-18(26)12-16/h1-14H,25-28H2. The molecule has 0 saturated heterocycles. The Morgan fingerprint density at radius 2 is 0.862 bits per heavy atom. The largest absolute Gasteiger partial charge is 0.399 e. The van der Waals surface area contributed by atoms with Gasteiger partial charge in [-0.3, -0.25) is 0 Å². The monoisotopic (exact) mass is 398 g/mol. The van der Waals surface area contributed by atoms with Crippen molar-refractivity contribution in [2.75, 3.05) is 22.9 Å². The second kappa shape index (κ2) is 7.81. The Hall–Kier alpha value is -3.57. The van der Waals surface area contributed by atoms with Crippen LogP contribution in [-0.2, 0) is 0 Å². The number of nitrogens with two attached hydrogens (primary N) is 4. The SMILES string of the molecule is Nc1cccc(-c2cc(N)ccc2Sc2ccc(N)cc2-c2cccc(N)c2)c1. The van der Waals surface area contributed by atoms with Crippen molar-refractivity contribution in [1.82, 2.24) is 0 Å². The summed E-state index contributed by atoms with van der Waals surface area (Å²) in [6, 6.07) is 27.5. The molecule has 0 aliphatic heterocycles. The van der Waals surface area contributed by atoms with Crippen molar-refractivity contribution >= 4 is 34.5 Å². The van der Waals surface area contributed by atoms with Crippen LogP contribution in [0.3, 0.4) is 0 Å². The van der Waals surface area contributed by atoms with Gasteiger partial charge in [-0.1, -0.05) is 36.0 Å². The summed E-state index contributed by atoms with van der Waals surface area (Å²) in [7, 11) is 0. The summed E-state index contributed by atoms with van der Waals surface area (Å²) in [6.45, 7) is 0. The first-order valence-corrected chi connectivity index (χ1v) is 10.00. The fourth-order valence-electron chi connectivity index (χ4n) is 3.26. The van der Waals surface area contributed by atoms with Crippen LogP contribution in [0.15, 0.2) is 94.7 Å². The van der Waals surface area contributed by atoms with Crippen LogP contribution >= 0.6 is 11.8 Å². The number of benzene rings is 4. The minimum Gasteiger partial charge on any atom is -0.399 e. The van der Waals surface area contributed by atoms with Crippen LogP contribution in [-0.4, -0.2) is 0 Å². The molecule has 0 fully saturated rings. The van der Waals surface area contributed by atoms with E-state index in [-0.39, 0.29) is 0 Å². The highest BCUT2D eigenvalue weighted by Crippen LogP contribution is 2.42. The van der Waals surface area contributed by atoms with E-state index in [4.69, 9.17) is 22.9 Å². The maximum absolute atomic E-state index is 6.08. The van der Waals surface area contributed by atoms with Gasteiger partial charge in [-0.15, -0.1) is 0 Å². The van der Waals surface area contributed by atoms with E-state index < -0.39 is 0 Å². The van der Waals surface area contributed by atoms with E-state index in [0.29, 0.717) is 22.7 Å². The first-order valence-electron chi connectivity index (χ1n) is 9.18. The van der Waals surface area contributed by atoms with Crippen LogP contribution in [0.5, 0.6) is 0 Å². The van der Waals surface area contributed by atoms with E-state index in [9.17, 15) is 0 Å². The Morgan fingerprint density at radius 1 is 0.448 bits per heavy atom. The van der Waals surface area contributed by atoms with Crippen LogP contribution in [0.25, 0.3) is 22.3 Å². The number of nitrogen functional groups attached to an aromatic ring is 4. The molecule has 4 nitrogen and oxygen atoms in total. The van der Waals surface area contributed by atoms with Gasteiger partial charge in [0.15, 0.2) is 0 Å². The number of hydrogen-bond acceptors (Lipinski definition) is 5. The van der Waals surface area contributed by atoms with Crippen LogP contribution in [0.2, 0.25) is 0 Å². The van der Waals surface area contributed by atoms with E-state index in [1.54, 1.807) is 11.8 Å². The van der Waals surface area contributed by atoms with Crippen LogP contribution < -0.4 is 22.9 Å². The molecule has 144 valence electrons. The van der Waals surface area contributed by atoms with Crippen molar-refractivity contribution in [3.63, 3.8) is 0 Å². The molecule has 0 radical (unpaired) electrons. The lowest BCUT2D eigenvalue weighted by atomic mass is 10.0. The van der Waals surface area contributed by atoms with E-state index in [1.807, 2.05) is 84.9 Å². The quantitative estimate of drug-likeness (QED) is 0.340. The zero-order valence-corrected chi connectivity index (χ0v) is 16.6. The molecule has 4 aromatic rings. The van der Waals surface area contributed by atoms with Gasteiger partial charge in [-0.2, -0.15) is 0 Å². The predicted molar refractivity (Wildman–Crippen MR) is 126 cm³/mol. The molecular formula is C24H22N4S. The van der Waals surface area contributed by atoms with Gasteiger partial charge in [0, 0.05) is 32.5 Å². The van der Waals surface area contributed by atoms with Gasteiger partial charge < -0.3 is 22.9 Å². The fourth-order valence-corrected chi connectivity index (χ4v) is 4.34. The summed E-state index contributed by atoms with van der Waals surface area (Å²) < 4.78 is 0. The summed E-state index contributed by atoms with van der Waals surface area (Å²) >= 11 is 1.67. The molecule has 4 aromatic carbocycles. The molecule has 5 heteroatoms. The van der Waals surface area contributed by atoms with Crippen molar-refractivity contribution in [3.05, 3.63) is 84.9 Å². The highest BCUT2D eigenvalue weighted by atomic mass is 32.2. The molecule has 0 saturated carbocycles. The molecule has 0 aromatic heterocycles. The Kier molecular flexibility index (Phi) is 5.06. The van der Waals surface area contributed by atoms with Gasteiger partial charge in [0.05, 0.1) is 0 Å². The van der Waals surface area contributed by atoms with Gasteiger partial charge in [0.25, 0.3) is 0 Å². The van der Waals surface area contributed by atoms with Crippen molar-refractivity contribution in [1.29, 1.82) is 0 Å². The van der Waals surface area contributed by atoms with E-state index in [2.05, 4.69) is 0 Å². The minimum atomic E-state index is 0.708. The van der Waals surface area contributed by atoms with Crippen molar-refractivity contribution in [2.45, 2.75) is 9.79 Å². The number of rotatable bonds is 4. The molecule has 0 amide bonds. The van der Waals surface area contributed by atoms with Crippen LogP contribution in [0.4, 0.5) is 22.7 Å². The molecule has 29 heavy (non-hydrogen) atoms. The summed E-state index contributed by atoms with van der Waals surface area (Å²) in [5.41, 5.74) is 31.2. The van der Waals surface area contributed by atoms with Crippen molar-refractivity contribution in [3.8, 4) is 22.3 Å². The Morgan fingerprint density at radius 3 is 1.28 bits per heavy atom. The maximum atomic E-state index is 6.08. The van der Waals surface area contributed by atoms with Crippen LogP contribution in [0, 0.1) is 0 Å². The molecule has 0 aliphatic carbocycles. The van der Waals surface area contributed by atoms with Gasteiger partial charge in [0.2, 0.25) is 0 Å². The van der Waals surface area contributed by atoms with Gasteiger partial charge in [-0.05, 0) is 82.9 Å². The maximum Gasteiger partial charge on any atom is 0.0321 e. The molecular weight excluding hydrogens is 376 g/mol. The molecule has 0 aliphatic rings. The van der Waals surface area contributed by atoms with Gasteiger partial charge in [0.1, 0.15) is 0 Å². The highest BCUT2D eigenvalue weighted by Gasteiger charge is 2.12. The first-order chi connectivity index (χ1) is 14.0. The average Bonchev–Trinajstić information content (AvgIpc) is 2.70. The second-order valence-electron chi connectivity index (χ2n) is 6.86. The topological polar surface area (TPSA) is 104 Å². The predicted octanol–water partition coefficient (Wildman–Crippen LogP) is 5.50. The molecule has 8 N–H and O–H groups in total. The van der Waals surface area contributed by atoms with E-state index in [1.165, 1.54) is 0 Å². The van der Waals surface area contributed by atoms with E-state index in [0.717, 1.165) is 32.0 Å². The minimum absolute atomic E-state index is 0.708. The molecule has 0 bridgehead atoms. The lowest BCUT2D eigenvalue weighted by molar-refractivity contribution is 1.40. The van der Waals surface area contributed by atoms with Crippen LogP contribution in [0.1, 0.15) is 0 Å². The average molecular weight is 399 g/mol. The summed E-state index contributed by atoms with van der Waals surface area (Å²) in [6.07, 6.45) is 0. The van der Waals surface area contributed by atoms with Gasteiger partial charge >= 0.3 is 0 Å². The van der Waals surface area contributed by atoms with E-state index >= 15 is 0 Å². The number of anilines is 4. The normalized spacial score (nSPS) is 10.8. The third-order valence-electron chi connectivity index (χ3n) is 4.62. The molecule has 0 spiro atoms. The van der Waals surface area contributed by atoms with Gasteiger partial charge in [-0.25, -0.2) is 0 Å². The summed E-state index contributed by atoms with van der Waals surface area (Å²) in [4.78, 5) is 2.17. The third kappa shape index (κ3) is 4.15. The Labute approximate surface area is 174 Å². The Balaban J connectivity index is 1.82. The molecule has 0 atom stereocenters. The zero-order valence-electron chi connectivity index (χ0n) is 15.8. The summed E-state index contributed by atoms with van der Waals surface area (Å²) in [5, 5.41) is 0. The summed E-state index contributed by atoms with van der Waals surface area (Å²) in [5.74, 6) is 0. The third-order valence-corrected chi connectivity index (χ3v) is 5.77. The number of hydrogen-bond donors (Lipinski definition) is 4. The molecule has 0 unspecified atom stereocenters. The first kappa shape index (κ1) is 18.8. The fraction of sp³-hybridized carbons (Fsp3) is 0. The Bertz CT molecular complexity index is 1090. The highest BCUT2D eigenvalue weighted by molar-refractivity contribution is 7.99. The molecule has 4 rings (SSSR count).